The van der Waals surface area contributed by atoms with Gasteiger partial charge in [0, 0.05) is 24.3 Å². The van der Waals surface area contributed by atoms with Crippen molar-refractivity contribution < 1.29 is 4.79 Å². The Morgan fingerprint density at radius 2 is 2.15 bits per heavy atom. The Bertz CT molecular complexity index is 965. The molecule has 0 radical (unpaired) electrons. The van der Waals surface area contributed by atoms with Gasteiger partial charge in [0.15, 0.2) is 0 Å². The van der Waals surface area contributed by atoms with Crippen LogP contribution in [0.1, 0.15) is 42.4 Å². The van der Waals surface area contributed by atoms with Crippen molar-refractivity contribution in [3.05, 3.63) is 62.8 Å². The predicted molar refractivity (Wildman–Crippen MR) is 103 cm³/mol. The average Bonchev–Trinajstić information content (AvgIpc) is 3.33. The third-order valence-corrected chi connectivity index (χ3v) is 5.88. The van der Waals surface area contributed by atoms with Crippen LogP contribution < -0.4 is 5.56 Å². The molecular weight excluding hydrogens is 346 g/mol. The van der Waals surface area contributed by atoms with Gasteiger partial charge in [0.05, 0.1) is 16.9 Å². The minimum Gasteiger partial charge on any atom is -0.335 e. The first kappa shape index (κ1) is 17.0. The van der Waals surface area contributed by atoms with Crippen LogP contribution in [0, 0.1) is 0 Å². The number of rotatable bonds is 5. The van der Waals surface area contributed by atoms with Crippen LogP contribution in [0.3, 0.4) is 0 Å². The molecule has 5 nitrogen and oxygen atoms in total. The first-order valence-electron chi connectivity index (χ1n) is 9.03. The van der Waals surface area contributed by atoms with Crippen molar-refractivity contribution in [2.45, 2.75) is 38.1 Å². The molecule has 1 unspecified atom stereocenters. The number of amides is 1. The normalized spacial score (nSPS) is 17.1. The Morgan fingerprint density at radius 1 is 1.27 bits per heavy atom. The van der Waals surface area contributed by atoms with Crippen LogP contribution in [0.5, 0.6) is 0 Å². The highest BCUT2D eigenvalue weighted by Gasteiger charge is 2.29. The SMILES string of the molecule is O=C(CCCc1nc2ccccc2c(=O)[nH]1)N1CCCC1c1cccs1. The van der Waals surface area contributed by atoms with Crippen molar-refractivity contribution in [1.82, 2.24) is 14.9 Å². The molecule has 0 spiro atoms. The largest absolute Gasteiger partial charge is 0.335 e. The molecule has 2 aromatic heterocycles. The number of thiophene rings is 1. The van der Waals surface area contributed by atoms with E-state index in [1.54, 1.807) is 17.4 Å². The summed E-state index contributed by atoms with van der Waals surface area (Å²) in [5, 5.41) is 2.67. The van der Waals surface area contributed by atoms with Gasteiger partial charge in [0.1, 0.15) is 5.82 Å². The van der Waals surface area contributed by atoms with Crippen LogP contribution in [0.4, 0.5) is 0 Å². The Hall–Kier alpha value is -2.47. The first-order valence-corrected chi connectivity index (χ1v) is 9.91. The summed E-state index contributed by atoms with van der Waals surface area (Å²) < 4.78 is 0. The van der Waals surface area contributed by atoms with Gasteiger partial charge in [0.2, 0.25) is 5.91 Å². The lowest BCUT2D eigenvalue weighted by atomic mass is 10.1. The Labute approximate surface area is 155 Å². The summed E-state index contributed by atoms with van der Waals surface area (Å²) >= 11 is 1.72. The maximum absolute atomic E-state index is 12.7. The molecule has 3 aromatic rings. The zero-order chi connectivity index (χ0) is 17.9. The van der Waals surface area contributed by atoms with Crippen LogP contribution >= 0.6 is 11.3 Å². The molecule has 1 atom stereocenters. The molecule has 0 saturated carbocycles. The second-order valence-corrected chi connectivity index (χ2v) is 7.62. The molecule has 4 rings (SSSR count). The molecule has 1 aliphatic heterocycles. The predicted octanol–water partition coefficient (Wildman–Crippen LogP) is 3.67. The van der Waals surface area contributed by atoms with Gasteiger partial charge in [-0.15, -0.1) is 11.3 Å². The fourth-order valence-electron chi connectivity index (χ4n) is 3.65. The van der Waals surface area contributed by atoms with E-state index in [1.165, 1.54) is 4.88 Å². The van der Waals surface area contributed by atoms with E-state index in [4.69, 9.17) is 0 Å². The molecule has 3 heterocycles. The van der Waals surface area contributed by atoms with Crippen molar-refractivity contribution in [3.8, 4) is 0 Å². The van der Waals surface area contributed by atoms with E-state index in [2.05, 4.69) is 21.4 Å². The molecule has 1 amide bonds. The fourth-order valence-corrected chi connectivity index (χ4v) is 4.52. The Kier molecular flexibility index (Phi) is 4.84. The summed E-state index contributed by atoms with van der Waals surface area (Å²) in [6.07, 6.45) is 3.88. The van der Waals surface area contributed by atoms with E-state index in [0.717, 1.165) is 19.4 Å². The van der Waals surface area contributed by atoms with Gasteiger partial charge in [-0.3, -0.25) is 9.59 Å². The van der Waals surface area contributed by atoms with Gasteiger partial charge in [-0.2, -0.15) is 0 Å². The monoisotopic (exact) mass is 367 g/mol. The summed E-state index contributed by atoms with van der Waals surface area (Å²) in [6, 6.07) is 11.7. The van der Waals surface area contributed by atoms with E-state index >= 15 is 0 Å². The molecule has 1 saturated heterocycles. The number of carbonyl (C=O) groups is 1. The zero-order valence-electron chi connectivity index (χ0n) is 14.5. The number of nitrogens with zero attached hydrogens (tertiary/aromatic N) is 2. The van der Waals surface area contributed by atoms with Gasteiger partial charge < -0.3 is 9.88 Å². The molecular formula is C20H21N3O2S. The smallest absolute Gasteiger partial charge is 0.258 e. The third kappa shape index (κ3) is 3.42. The van der Waals surface area contributed by atoms with Crippen LogP contribution in [0.2, 0.25) is 0 Å². The van der Waals surface area contributed by atoms with Crippen LogP contribution in [0.25, 0.3) is 10.9 Å². The lowest BCUT2D eigenvalue weighted by molar-refractivity contribution is -0.132. The second kappa shape index (κ2) is 7.41. The number of benzene rings is 1. The molecule has 1 aromatic carbocycles. The summed E-state index contributed by atoms with van der Waals surface area (Å²) in [7, 11) is 0. The van der Waals surface area contributed by atoms with Gasteiger partial charge in [-0.05, 0) is 42.8 Å². The molecule has 6 heteroatoms. The number of fused-ring (bicyclic) bond motifs is 1. The molecule has 26 heavy (non-hydrogen) atoms. The highest BCUT2D eigenvalue weighted by Crippen LogP contribution is 2.34. The van der Waals surface area contributed by atoms with Crippen molar-refractivity contribution >= 4 is 28.1 Å². The highest BCUT2D eigenvalue weighted by molar-refractivity contribution is 7.10. The number of likely N-dealkylation sites (tertiary alicyclic amines) is 1. The van der Waals surface area contributed by atoms with Crippen molar-refractivity contribution in [2.24, 2.45) is 0 Å². The van der Waals surface area contributed by atoms with Crippen molar-refractivity contribution in [3.63, 3.8) is 0 Å². The molecule has 1 aliphatic rings. The van der Waals surface area contributed by atoms with E-state index in [9.17, 15) is 9.59 Å². The molecule has 1 N–H and O–H groups in total. The molecule has 1 fully saturated rings. The third-order valence-electron chi connectivity index (χ3n) is 4.91. The van der Waals surface area contributed by atoms with Gasteiger partial charge in [-0.25, -0.2) is 4.98 Å². The number of H-pyrrole nitrogens is 1. The quantitative estimate of drug-likeness (QED) is 0.748. The van der Waals surface area contributed by atoms with Crippen LogP contribution in [-0.4, -0.2) is 27.3 Å². The van der Waals surface area contributed by atoms with E-state index in [1.807, 2.05) is 29.2 Å². The second-order valence-electron chi connectivity index (χ2n) is 6.64. The van der Waals surface area contributed by atoms with Crippen LogP contribution in [-0.2, 0) is 11.2 Å². The zero-order valence-corrected chi connectivity index (χ0v) is 15.3. The minimum atomic E-state index is -0.116. The lowest BCUT2D eigenvalue weighted by Gasteiger charge is -2.24. The number of aryl methyl sites for hydroxylation is 1. The Morgan fingerprint density at radius 3 is 3.00 bits per heavy atom. The number of hydrogen-bond acceptors (Lipinski definition) is 4. The summed E-state index contributed by atoms with van der Waals surface area (Å²) in [5.74, 6) is 0.849. The molecule has 134 valence electrons. The maximum Gasteiger partial charge on any atom is 0.258 e. The first-order chi connectivity index (χ1) is 12.7. The average molecular weight is 367 g/mol. The van der Waals surface area contributed by atoms with Crippen LogP contribution in [0.15, 0.2) is 46.6 Å². The van der Waals surface area contributed by atoms with E-state index < -0.39 is 0 Å². The maximum atomic E-state index is 12.7. The van der Waals surface area contributed by atoms with Gasteiger partial charge >= 0.3 is 0 Å². The fraction of sp³-hybridized carbons (Fsp3) is 0.350. The minimum absolute atomic E-state index is 0.116. The number of nitrogens with one attached hydrogen (secondary N) is 1. The summed E-state index contributed by atoms with van der Waals surface area (Å²) in [4.78, 5) is 35.4. The molecule has 0 aliphatic carbocycles. The number of aromatic nitrogens is 2. The number of aromatic amines is 1. The highest BCUT2D eigenvalue weighted by atomic mass is 32.1. The van der Waals surface area contributed by atoms with Gasteiger partial charge in [0.25, 0.3) is 5.56 Å². The number of carbonyl (C=O) groups excluding carboxylic acids is 1. The van der Waals surface area contributed by atoms with E-state index in [-0.39, 0.29) is 17.5 Å². The lowest BCUT2D eigenvalue weighted by Crippen LogP contribution is -2.30. The Balaban J connectivity index is 1.39. The van der Waals surface area contributed by atoms with Crippen molar-refractivity contribution in [1.29, 1.82) is 0 Å². The molecule has 0 bridgehead atoms. The number of hydrogen-bond donors (Lipinski definition) is 1. The standard InChI is InChI=1S/C20H21N3O2S/c24-19(23-12-4-8-16(23)17-9-5-13-26-17)11-3-10-18-21-15-7-2-1-6-14(15)20(25)22-18/h1-2,5-7,9,13,16H,3-4,8,10-12H2,(H,21,22,25). The number of para-hydroxylation sites is 1. The van der Waals surface area contributed by atoms with Crippen molar-refractivity contribution in [2.75, 3.05) is 6.54 Å². The van der Waals surface area contributed by atoms with E-state index in [0.29, 0.717) is 36.0 Å². The topological polar surface area (TPSA) is 66.1 Å². The van der Waals surface area contributed by atoms with Gasteiger partial charge in [-0.1, -0.05) is 18.2 Å². The summed E-state index contributed by atoms with van der Waals surface area (Å²) in [6.45, 7) is 0.840. The summed E-state index contributed by atoms with van der Waals surface area (Å²) in [5.41, 5.74) is 0.587.